The van der Waals surface area contributed by atoms with Crippen molar-refractivity contribution in [3.63, 3.8) is 0 Å². The minimum Gasteiger partial charge on any atom is -0.356 e. The molecule has 3 aromatic heterocycles. The second-order valence-corrected chi connectivity index (χ2v) is 9.13. The van der Waals surface area contributed by atoms with Crippen LogP contribution in [0.4, 0.5) is 11.5 Å². The first-order chi connectivity index (χ1) is 15.1. The van der Waals surface area contributed by atoms with E-state index in [9.17, 15) is 4.79 Å². The SMILES string of the molecule is Cc1sc2ncnc(N3CCC(C(=O)Nc4ccc(-n5ccnc5)cc4)CC3)c2c1C. The number of thiophene rings is 1. The highest BCUT2D eigenvalue weighted by molar-refractivity contribution is 7.18. The number of aromatic nitrogens is 4. The second kappa shape index (κ2) is 8.11. The van der Waals surface area contributed by atoms with Crippen LogP contribution in [0.25, 0.3) is 15.9 Å². The summed E-state index contributed by atoms with van der Waals surface area (Å²) in [6.45, 7) is 5.90. The fraction of sp³-hybridized carbons (Fsp3) is 0.304. The van der Waals surface area contributed by atoms with Crippen LogP contribution in [0.15, 0.2) is 49.3 Å². The van der Waals surface area contributed by atoms with Gasteiger partial charge in [0.1, 0.15) is 17.0 Å². The molecule has 0 bridgehead atoms. The zero-order valence-corrected chi connectivity index (χ0v) is 18.4. The fourth-order valence-electron chi connectivity index (χ4n) is 4.13. The van der Waals surface area contributed by atoms with E-state index in [1.807, 2.05) is 35.0 Å². The van der Waals surface area contributed by atoms with Gasteiger partial charge in [0.25, 0.3) is 0 Å². The monoisotopic (exact) mass is 432 g/mol. The van der Waals surface area contributed by atoms with E-state index in [-0.39, 0.29) is 11.8 Å². The van der Waals surface area contributed by atoms with Crippen LogP contribution >= 0.6 is 11.3 Å². The van der Waals surface area contributed by atoms with Gasteiger partial charge >= 0.3 is 0 Å². The molecule has 1 N–H and O–H groups in total. The predicted molar refractivity (Wildman–Crippen MR) is 124 cm³/mol. The molecular formula is C23H24N6OS. The van der Waals surface area contributed by atoms with Gasteiger partial charge in [-0.05, 0) is 56.5 Å². The zero-order chi connectivity index (χ0) is 21.4. The molecular weight excluding hydrogens is 408 g/mol. The van der Waals surface area contributed by atoms with Crippen molar-refractivity contribution in [1.82, 2.24) is 19.5 Å². The van der Waals surface area contributed by atoms with Crippen LogP contribution in [-0.2, 0) is 4.79 Å². The normalized spacial score (nSPS) is 14.8. The molecule has 1 saturated heterocycles. The number of hydrogen-bond donors (Lipinski definition) is 1. The van der Waals surface area contributed by atoms with Gasteiger partial charge in [-0.2, -0.15) is 0 Å². The van der Waals surface area contributed by atoms with Crippen molar-refractivity contribution < 1.29 is 4.79 Å². The number of anilines is 2. The smallest absolute Gasteiger partial charge is 0.227 e. The van der Waals surface area contributed by atoms with E-state index >= 15 is 0 Å². The van der Waals surface area contributed by atoms with E-state index in [1.54, 1.807) is 30.2 Å². The molecule has 0 saturated carbocycles. The molecule has 7 nitrogen and oxygen atoms in total. The summed E-state index contributed by atoms with van der Waals surface area (Å²) in [4.78, 5) is 30.5. The Morgan fingerprint density at radius 2 is 1.90 bits per heavy atom. The van der Waals surface area contributed by atoms with E-state index in [0.29, 0.717) is 0 Å². The predicted octanol–water partition coefficient (Wildman–Crippen LogP) is 4.35. The van der Waals surface area contributed by atoms with Crippen LogP contribution < -0.4 is 10.2 Å². The minimum absolute atomic E-state index is 0.00668. The lowest BCUT2D eigenvalue weighted by Crippen LogP contribution is -2.38. The maximum atomic E-state index is 12.8. The van der Waals surface area contributed by atoms with Crippen molar-refractivity contribution in [2.24, 2.45) is 5.92 Å². The average molecular weight is 433 g/mol. The molecule has 4 heterocycles. The number of piperidine rings is 1. The number of carbonyl (C=O) groups excluding carboxylic acids is 1. The fourth-order valence-corrected chi connectivity index (χ4v) is 5.12. The second-order valence-electron chi connectivity index (χ2n) is 7.93. The van der Waals surface area contributed by atoms with Gasteiger partial charge in [-0.15, -0.1) is 11.3 Å². The summed E-state index contributed by atoms with van der Waals surface area (Å²) in [6, 6.07) is 7.82. The standard InChI is InChI=1S/C23H24N6OS/c1-15-16(2)31-23-20(15)21(25-13-26-23)28-10-7-17(8-11-28)22(30)27-18-3-5-19(6-4-18)29-12-9-24-14-29/h3-6,9,12-14,17H,7-8,10-11H2,1-2H3,(H,27,30). The molecule has 0 spiro atoms. The lowest BCUT2D eigenvalue weighted by atomic mass is 9.95. The Balaban J connectivity index is 1.23. The van der Waals surface area contributed by atoms with Crippen LogP contribution in [0.2, 0.25) is 0 Å². The molecule has 1 aliphatic heterocycles. The number of aryl methyl sites for hydroxylation is 2. The lowest BCUT2D eigenvalue weighted by molar-refractivity contribution is -0.120. The number of imidazole rings is 1. The van der Waals surface area contributed by atoms with Crippen LogP contribution in [0, 0.1) is 19.8 Å². The Hall–Kier alpha value is -3.26. The minimum atomic E-state index is 0.00668. The Kier molecular flexibility index (Phi) is 5.15. The summed E-state index contributed by atoms with van der Waals surface area (Å²) in [7, 11) is 0. The number of amides is 1. The Morgan fingerprint density at radius 3 is 2.61 bits per heavy atom. The van der Waals surface area contributed by atoms with Crippen molar-refractivity contribution in [3.05, 3.63) is 59.8 Å². The molecule has 1 fully saturated rings. The molecule has 4 aromatic rings. The van der Waals surface area contributed by atoms with Crippen molar-refractivity contribution in [1.29, 1.82) is 0 Å². The summed E-state index contributed by atoms with van der Waals surface area (Å²) < 4.78 is 1.93. The number of nitrogens with zero attached hydrogens (tertiary/aromatic N) is 5. The molecule has 8 heteroatoms. The first-order valence-electron chi connectivity index (χ1n) is 10.4. The maximum Gasteiger partial charge on any atom is 0.227 e. The lowest BCUT2D eigenvalue weighted by Gasteiger charge is -2.32. The highest BCUT2D eigenvalue weighted by Crippen LogP contribution is 2.35. The number of fused-ring (bicyclic) bond motifs is 1. The third kappa shape index (κ3) is 3.79. The van der Waals surface area contributed by atoms with Gasteiger partial charge in [0.2, 0.25) is 5.91 Å². The molecule has 0 aliphatic carbocycles. The van der Waals surface area contributed by atoms with E-state index in [0.717, 1.165) is 53.3 Å². The third-order valence-corrected chi connectivity index (χ3v) is 7.16. The summed E-state index contributed by atoms with van der Waals surface area (Å²) in [5.41, 5.74) is 3.09. The van der Waals surface area contributed by atoms with Gasteiger partial charge in [-0.25, -0.2) is 15.0 Å². The summed E-state index contributed by atoms with van der Waals surface area (Å²) >= 11 is 1.72. The zero-order valence-electron chi connectivity index (χ0n) is 17.6. The largest absolute Gasteiger partial charge is 0.356 e. The first kappa shape index (κ1) is 19.7. The van der Waals surface area contributed by atoms with Crippen LogP contribution in [0.1, 0.15) is 23.3 Å². The Morgan fingerprint density at radius 1 is 1.13 bits per heavy atom. The quantitative estimate of drug-likeness (QED) is 0.519. The Labute approximate surface area is 184 Å². The van der Waals surface area contributed by atoms with E-state index < -0.39 is 0 Å². The number of rotatable bonds is 4. The number of benzene rings is 1. The molecule has 0 atom stereocenters. The van der Waals surface area contributed by atoms with Crippen molar-refractivity contribution in [3.8, 4) is 5.69 Å². The molecule has 0 radical (unpaired) electrons. The molecule has 5 rings (SSSR count). The van der Waals surface area contributed by atoms with E-state index in [1.165, 1.54) is 10.4 Å². The molecule has 1 amide bonds. The van der Waals surface area contributed by atoms with Crippen molar-refractivity contribution in [2.45, 2.75) is 26.7 Å². The van der Waals surface area contributed by atoms with Gasteiger partial charge < -0.3 is 14.8 Å². The maximum absolute atomic E-state index is 12.8. The summed E-state index contributed by atoms with van der Waals surface area (Å²) in [6.07, 6.45) is 8.67. The molecule has 158 valence electrons. The van der Waals surface area contributed by atoms with Gasteiger partial charge in [-0.3, -0.25) is 4.79 Å². The van der Waals surface area contributed by atoms with Gasteiger partial charge in [0, 0.05) is 47.7 Å². The molecule has 0 unspecified atom stereocenters. The average Bonchev–Trinajstić information content (AvgIpc) is 3.43. The first-order valence-corrected chi connectivity index (χ1v) is 11.3. The van der Waals surface area contributed by atoms with Gasteiger partial charge in [0.15, 0.2) is 0 Å². The van der Waals surface area contributed by atoms with Crippen LogP contribution in [0.3, 0.4) is 0 Å². The molecule has 31 heavy (non-hydrogen) atoms. The number of carbonyl (C=O) groups is 1. The van der Waals surface area contributed by atoms with Crippen LogP contribution in [0.5, 0.6) is 0 Å². The third-order valence-electron chi connectivity index (χ3n) is 6.05. The topological polar surface area (TPSA) is 75.9 Å². The van der Waals surface area contributed by atoms with Gasteiger partial charge in [-0.1, -0.05) is 0 Å². The van der Waals surface area contributed by atoms with E-state index in [2.05, 4.69) is 39.0 Å². The highest BCUT2D eigenvalue weighted by atomic mass is 32.1. The Bertz CT molecular complexity index is 1210. The highest BCUT2D eigenvalue weighted by Gasteiger charge is 2.27. The van der Waals surface area contributed by atoms with Gasteiger partial charge in [0.05, 0.1) is 11.7 Å². The summed E-state index contributed by atoms with van der Waals surface area (Å²) in [5, 5.41) is 4.23. The van der Waals surface area contributed by atoms with Crippen molar-refractivity contribution >= 4 is 39.0 Å². The molecule has 1 aliphatic rings. The van der Waals surface area contributed by atoms with Crippen LogP contribution in [-0.4, -0.2) is 38.5 Å². The van der Waals surface area contributed by atoms with E-state index in [4.69, 9.17) is 0 Å². The molecule has 1 aromatic carbocycles. The van der Waals surface area contributed by atoms with Crippen molar-refractivity contribution in [2.75, 3.05) is 23.3 Å². The number of nitrogens with one attached hydrogen (secondary N) is 1. The number of hydrogen-bond acceptors (Lipinski definition) is 6. The summed E-state index contributed by atoms with van der Waals surface area (Å²) in [5.74, 6) is 1.10.